The van der Waals surface area contributed by atoms with E-state index in [2.05, 4.69) is 0 Å². The fourth-order valence-corrected chi connectivity index (χ4v) is 3.34. The van der Waals surface area contributed by atoms with Crippen LogP contribution in [0.3, 0.4) is 0 Å². The van der Waals surface area contributed by atoms with Crippen LogP contribution in [0.15, 0.2) is 41.3 Å². The molecule has 140 valence electrons. The van der Waals surface area contributed by atoms with Gasteiger partial charge in [-0.15, -0.1) is 0 Å². The maximum Gasteiger partial charge on any atom is 0.343 e. The van der Waals surface area contributed by atoms with Gasteiger partial charge in [0.2, 0.25) is 5.43 Å². The van der Waals surface area contributed by atoms with E-state index in [9.17, 15) is 14.4 Å². The standard InChI is InChI=1S/C21H22N2O4/c1-5-23-12-15(21(26)27-6-2)20(25)18-17(23)16(13(3)22(18)4)19(24)14-10-8-7-9-11-14/h7-12H,5-6H2,1-4H3. The van der Waals surface area contributed by atoms with Gasteiger partial charge in [-0.25, -0.2) is 4.79 Å². The summed E-state index contributed by atoms with van der Waals surface area (Å²) in [5.74, 6) is -0.800. The van der Waals surface area contributed by atoms with Gasteiger partial charge in [0.1, 0.15) is 11.1 Å². The summed E-state index contributed by atoms with van der Waals surface area (Å²) < 4.78 is 8.48. The third-order valence-corrected chi connectivity index (χ3v) is 4.79. The monoisotopic (exact) mass is 366 g/mol. The molecule has 0 N–H and O–H groups in total. The molecule has 0 fully saturated rings. The molecule has 0 amide bonds. The molecule has 0 bridgehead atoms. The Hall–Kier alpha value is -3.15. The minimum atomic E-state index is -0.651. The van der Waals surface area contributed by atoms with Crippen LogP contribution in [0.5, 0.6) is 0 Å². The molecule has 2 aromatic heterocycles. The molecule has 0 saturated carbocycles. The minimum absolute atomic E-state index is 0.0227. The highest BCUT2D eigenvalue weighted by molar-refractivity contribution is 6.17. The van der Waals surface area contributed by atoms with E-state index < -0.39 is 11.4 Å². The van der Waals surface area contributed by atoms with Crippen molar-refractivity contribution in [1.82, 2.24) is 9.13 Å². The number of rotatable bonds is 5. The summed E-state index contributed by atoms with van der Waals surface area (Å²) in [5, 5.41) is 0. The molecule has 0 aliphatic carbocycles. The third kappa shape index (κ3) is 2.97. The summed E-state index contributed by atoms with van der Waals surface area (Å²) in [6.45, 7) is 6.09. The SMILES string of the molecule is CCOC(=O)c1cn(CC)c2c(C(=O)c3ccccc3)c(C)n(C)c2c1=O. The van der Waals surface area contributed by atoms with Crippen molar-refractivity contribution in [3.63, 3.8) is 0 Å². The van der Waals surface area contributed by atoms with Crippen molar-refractivity contribution in [3.8, 4) is 0 Å². The van der Waals surface area contributed by atoms with Crippen LogP contribution in [-0.2, 0) is 18.3 Å². The highest BCUT2D eigenvalue weighted by atomic mass is 16.5. The van der Waals surface area contributed by atoms with Crippen molar-refractivity contribution in [3.05, 3.63) is 69.1 Å². The second-order valence-electron chi connectivity index (χ2n) is 6.29. The van der Waals surface area contributed by atoms with Crippen LogP contribution in [-0.4, -0.2) is 27.5 Å². The van der Waals surface area contributed by atoms with Crippen molar-refractivity contribution in [2.75, 3.05) is 6.61 Å². The Morgan fingerprint density at radius 3 is 2.33 bits per heavy atom. The van der Waals surface area contributed by atoms with Gasteiger partial charge in [0, 0.05) is 31.0 Å². The largest absolute Gasteiger partial charge is 0.462 e. The molecule has 0 aliphatic rings. The smallest absolute Gasteiger partial charge is 0.343 e. The first-order valence-corrected chi connectivity index (χ1v) is 8.91. The fourth-order valence-electron chi connectivity index (χ4n) is 3.34. The lowest BCUT2D eigenvalue weighted by Crippen LogP contribution is -2.22. The highest BCUT2D eigenvalue weighted by Crippen LogP contribution is 2.26. The number of carbonyl (C=O) groups is 2. The lowest BCUT2D eigenvalue weighted by atomic mass is 10.0. The van der Waals surface area contributed by atoms with Crippen LogP contribution in [0.25, 0.3) is 11.0 Å². The predicted octanol–water partition coefficient (Wildman–Crippen LogP) is 3.08. The molecule has 0 radical (unpaired) electrons. The van der Waals surface area contributed by atoms with E-state index >= 15 is 0 Å². The first-order chi connectivity index (χ1) is 12.9. The first-order valence-electron chi connectivity index (χ1n) is 8.91. The summed E-state index contributed by atoms with van der Waals surface area (Å²) in [5.41, 5.74) is 2.14. The number of fused-ring (bicyclic) bond motifs is 1. The Balaban J connectivity index is 2.37. The van der Waals surface area contributed by atoms with E-state index in [1.54, 1.807) is 54.3 Å². The number of aryl methyl sites for hydroxylation is 2. The predicted molar refractivity (Wildman–Crippen MR) is 103 cm³/mol. The van der Waals surface area contributed by atoms with Crippen molar-refractivity contribution in [2.45, 2.75) is 27.3 Å². The Bertz CT molecular complexity index is 1090. The topological polar surface area (TPSA) is 70.3 Å². The molecule has 2 heterocycles. The van der Waals surface area contributed by atoms with Gasteiger partial charge in [-0.2, -0.15) is 0 Å². The van der Waals surface area contributed by atoms with E-state index in [0.717, 1.165) is 0 Å². The van der Waals surface area contributed by atoms with Crippen LogP contribution in [0.4, 0.5) is 0 Å². The van der Waals surface area contributed by atoms with E-state index in [-0.39, 0.29) is 18.0 Å². The quantitative estimate of drug-likeness (QED) is 0.514. The maximum atomic E-state index is 13.2. The number of nitrogens with zero attached hydrogens (tertiary/aromatic N) is 2. The molecule has 0 spiro atoms. The third-order valence-electron chi connectivity index (χ3n) is 4.79. The van der Waals surface area contributed by atoms with Crippen molar-refractivity contribution < 1.29 is 14.3 Å². The van der Waals surface area contributed by atoms with E-state index in [1.165, 1.54) is 6.20 Å². The number of carbonyl (C=O) groups excluding carboxylic acids is 2. The van der Waals surface area contributed by atoms with Gasteiger partial charge < -0.3 is 13.9 Å². The van der Waals surface area contributed by atoms with Crippen molar-refractivity contribution >= 4 is 22.8 Å². The fraction of sp³-hybridized carbons (Fsp3) is 0.286. The molecule has 0 unspecified atom stereocenters. The molecule has 0 atom stereocenters. The summed E-state index contributed by atoms with van der Waals surface area (Å²) in [6.07, 6.45) is 1.49. The van der Waals surface area contributed by atoms with Gasteiger partial charge in [-0.1, -0.05) is 30.3 Å². The number of ketones is 1. The number of pyridine rings is 1. The van der Waals surface area contributed by atoms with Crippen LogP contribution in [0, 0.1) is 6.92 Å². The van der Waals surface area contributed by atoms with Crippen molar-refractivity contribution in [2.24, 2.45) is 7.05 Å². The van der Waals surface area contributed by atoms with Crippen molar-refractivity contribution in [1.29, 1.82) is 0 Å². The molecule has 6 nitrogen and oxygen atoms in total. The number of hydrogen-bond donors (Lipinski definition) is 0. The highest BCUT2D eigenvalue weighted by Gasteiger charge is 2.26. The molecular weight excluding hydrogens is 344 g/mol. The Morgan fingerprint density at radius 1 is 1.07 bits per heavy atom. The zero-order valence-electron chi connectivity index (χ0n) is 15.9. The maximum absolute atomic E-state index is 13.2. The van der Waals surface area contributed by atoms with E-state index in [4.69, 9.17) is 4.74 Å². The van der Waals surface area contributed by atoms with Gasteiger partial charge >= 0.3 is 5.97 Å². The molecular formula is C21H22N2O4. The summed E-state index contributed by atoms with van der Waals surface area (Å²) in [6, 6.07) is 8.96. The number of aromatic nitrogens is 2. The Morgan fingerprint density at radius 2 is 1.74 bits per heavy atom. The number of esters is 1. The summed E-state index contributed by atoms with van der Waals surface area (Å²) in [7, 11) is 1.73. The van der Waals surface area contributed by atoms with Gasteiger partial charge in [0.25, 0.3) is 0 Å². The van der Waals surface area contributed by atoms with Gasteiger partial charge in [0.05, 0.1) is 17.7 Å². The zero-order chi connectivity index (χ0) is 19.7. The summed E-state index contributed by atoms with van der Waals surface area (Å²) >= 11 is 0. The summed E-state index contributed by atoms with van der Waals surface area (Å²) in [4.78, 5) is 38.4. The van der Waals surface area contributed by atoms with Gasteiger partial charge in [-0.05, 0) is 20.8 Å². The minimum Gasteiger partial charge on any atom is -0.462 e. The lowest BCUT2D eigenvalue weighted by molar-refractivity contribution is 0.0524. The van der Waals surface area contributed by atoms with Crippen LogP contribution in [0.1, 0.15) is 45.8 Å². The van der Waals surface area contributed by atoms with Crippen LogP contribution in [0.2, 0.25) is 0 Å². The van der Waals surface area contributed by atoms with Crippen LogP contribution < -0.4 is 5.43 Å². The normalized spacial score (nSPS) is 11.0. The number of ether oxygens (including phenoxy) is 1. The lowest BCUT2D eigenvalue weighted by Gasteiger charge is -2.11. The number of benzene rings is 1. The molecule has 3 rings (SSSR count). The second kappa shape index (κ2) is 7.23. The Kier molecular flexibility index (Phi) is 4.99. The second-order valence-corrected chi connectivity index (χ2v) is 6.29. The van der Waals surface area contributed by atoms with Gasteiger partial charge in [-0.3, -0.25) is 9.59 Å². The van der Waals surface area contributed by atoms with E-state index in [0.29, 0.717) is 34.4 Å². The molecule has 0 saturated heterocycles. The number of hydrogen-bond acceptors (Lipinski definition) is 4. The zero-order valence-corrected chi connectivity index (χ0v) is 15.9. The molecule has 27 heavy (non-hydrogen) atoms. The average Bonchev–Trinajstić information content (AvgIpc) is 2.94. The molecule has 1 aromatic carbocycles. The molecule has 3 aromatic rings. The van der Waals surface area contributed by atoms with E-state index in [1.807, 2.05) is 13.0 Å². The molecule has 0 aliphatic heterocycles. The van der Waals surface area contributed by atoms with Gasteiger partial charge in [0.15, 0.2) is 5.78 Å². The van der Waals surface area contributed by atoms with Crippen LogP contribution >= 0.6 is 0 Å². The Labute approximate surface area is 157 Å². The molecule has 6 heteroatoms. The first kappa shape index (κ1) is 18.6. The average molecular weight is 366 g/mol.